The van der Waals surface area contributed by atoms with Gasteiger partial charge in [-0.05, 0) is 37.5 Å². The number of aliphatic hydroxyl groups excluding tert-OH is 1. The number of aliphatic hydroxyl groups is 1. The molecule has 6 nitrogen and oxygen atoms in total. The number of hydrogen-bond donors (Lipinski definition) is 2. The van der Waals surface area contributed by atoms with Crippen LogP contribution in [0.1, 0.15) is 19.8 Å². The van der Waals surface area contributed by atoms with Crippen LogP contribution < -0.4 is 10.3 Å². The fraction of sp³-hybridized carbons (Fsp3) is 0.217. The van der Waals surface area contributed by atoms with E-state index in [0.29, 0.717) is 29.8 Å². The van der Waals surface area contributed by atoms with Crippen molar-refractivity contribution in [2.24, 2.45) is 0 Å². The number of H-pyrrole nitrogens is 1. The molecule has 0 aliphatic heterocycles. The molecule has 1 unspecified atom stereocenters. The van der Waals surface area contributed by atoms with Gasteiger partial charge >= 0.3 is 0 Å². The quantitative estimate of drug-likeness (QED) is 0.470. The van der Waals surface area contributed by atoms with Crippen molar-refractivity contribution >= 4 is 11.0 Å². The van der Waals surface area contributed by atoms with Crippen molar-refractivity contribution in [3.05, 3.63) is 77.5 Å². The van der Waals surface area contributed by atoms with E-state index in [1.165, 1.54) is 6.33 Å². The van der Waals surface area contributed by atoms with Crippen LogP contribution in [-0.4, -0.2) is 32.4 Å². The molecule has 0 spiro atoms. The monoisotopic (exact) mass is 389 g/mol. The predicted molar refractivity (Wildman–Crippen MR) is 114 cm³/mol. The van der Waals surface area contributed by atoms with Gasteiger partial charge in [-0.2, -0.15) is 0 Å². The molecule has 6 heteroatoms. The Bertz CT molecular complexity index is 1160. The number of aromatic amines is 1. The molecule has 4 rings (SSSR count). The highest BCUT2D eigenvalue weighted by atomic mass is 16.5. The van der Waals surface area contributed by atoms with E-state index >= 15 is 0 Å². The molecular weight excluding hydrogens is 366 g/mol. The Labute approximate surface area is 168 Å². The van der Waals surface area contributed by atoms with Gasteiger partial charge in [0.1, 0.15) is 16.8 Å². The van der Waals surface area contributed by atoms with Crippen LogP contribution in [0.3, 0.4) is 0 Å². The zero-order valence-electron chi connectivity index (χ0n) is 16.2. The van der Waals surface area contributed by atoms with Gasteiger partial charge in [0, 0.05) is 11.8 Å². The maximum absolute atomic E-state index is 12.7. The number of nitrogens with zero attached hydrogens (tertiary/aromatic N) is 2. The summed E-state index contributed by atoms with van der Waals surface area (Å²) in [4.78, 5) is 19.8. The summed E-state index contributed by atoms with van der Waals surface area (Å²) >= 11 is 0. The second kappa shape index (κ2) is 8.32. The summed E-state index contributed by atoms with van der Waals surface area (Å²) in [6.45, 7) is 2.26. The van der Waals surface area contributed by atoms with Crippen molar-refractivity contribution in [3.8, 4) is 22.6 Å². The standard InChI is InChI=1S/C23H23N3O3/c1-16(27)8-7-13-29-20-12-6-5-11-19(20)26-14-18(17-9-3-2-4-10-17)21-22(26)23(28)25-15-24-21/h2-6,9-12,14-16,27H,7-8,13H2,1H3,(H,24,25,28). The minimum Gasteiger partial charge on any atom is -0.491 e. The van der Waals surface area contributed by atoms with Gasteiger partial charge in [-0.3, -0.25) is 4.79 Å². The normalized spacial score (nSPS) is 12.2. The highest BCUT2D eigenvalue weighted by molar-refractivity contribution is 5.93. The lowest BCUT2D eigenvalue weighted by atomic mass is 10.1. The van der Waals surface area contributed by atoms with Crippen molar-refractivity contribution < 1.29 is 9.84 Å². The lowest BCUT2D eigenvalue weighted by Gasteiger charge is -2.13. The fourth-order valence-corrected chi connectivity index (χ4v) is 3.43. The molecule has 2 aromatic carbocycles. The lowest BCUT2D eigenvalue weighted by Crippen LogP contribution is -2.11. The average Bonchev–Trinajstić information content (AvgIpc) is 3.13. The van der Waals surface area contributed by atoms with Gasteiger partial charge in [0.15, 0.2) is 0 Å². The van der Waals surface area contributed by atoms with E-state index in [1.54, 1.807) is 6.92 Å². The molecular formula is C23H23N3O3. The topological polar surface area (TPSA) is 80.1 Å². The maximum Gasteiger partial charge on any atom is 0.275 e. The Hall–Kier alpha value is -3.38. The minimum atomic E-state index is -0.347. The van der Waals surface area contributed by atoms with Crippen LogP contribution in [-0.2, 0) is 0 Å². The Balaban J connectivity index is 1.80. The van der Waals surface area contributed by atoms with Crippen LogP contribution in [0.15, 0.2) is 71.9 Å². The first-order valence-electron chi connectivity index (χ1n) is 9.69. The van der Waals surface area contributed by atoms with Gasteiger partial charge in [0.2, 0.25) is 0 Å². The Kier molecular flexibility index (Phi) is 5.44. The van der Waals surface area contributed by atoms with E-state index in [-0.39, 0.29) is 11.7 Å². The second-order valence-corrected chi connectivity index (χ2v) is 7.02. The van der Waals surface area contributed by atoms with Crippen LogP contribution in [0.2, 0.25) is 0 Å². The van der Waals surface area contributed by atoms with Crippen molar-refractivity contribution in [1.29, 1.82) is 0 Å². The van der Waals surface area contributed by atoms with E-state index in [9.17, 15) is 9.90 Å². The van der Waals surface area contributed by atoms with E-state index in [4.69, 9.17) is 4.74 Å². The Morgan fingerprint density at radius 2 is 1.90 bits per heavy atom. The summed E-state index contributed by atoms with van der Waals surface area (Å²) in [5.74, 6) is 0.679. The molecule has 2 heterocycles. The van der Waals surface area contributed by atoms with Crippen LogP contribution >= 0.6 is 0 Å². The maximum atomic E-state index is 12.7. The van der Waals surface area contributed by atoms with E-state index in [2.05, 4.69) is 9.97 Å². The van der Waals surface area contributed by atoms with Crippen molar-refractivity contribution in [3.63, 3.8) is 0 Å². The van der Waals surface area contributed by atoms with Crippen LogP contribution in [0.5, 0.6) is 5.75 Å². The molecule has 0 aliphatic carbocycles. The number of para-hydroxylation sites is 2. The highest BCUT2D eigenvalue weighted by Crippen LogP contribution is 2.32. The zero-order valence-corrected chi connectivity index (χ0v) is 16.2. The van der Waals surface area contributed by atoms with Gasteiger partial charge in [-0.1, -0.05) is 42.5 Å². The van der Waals surface area contributed by atoms with Crippen LogP contribution in [0, 0.1) is 0 Å². The minimum absolute atomic E-state index is 0.207. The van der Waals surface area contributed by atoms with Crippen LogP contribution in [0.4, 0.5) is 0 Å². The summed E-state index contributed by atoms with van der Waals surface area (Å²) in [5, 5.41) is 9.44. The van der Waals surface area contributed by atoms with E-state index < -0.39 is 0 Å². The molecule has 0 radical (unpaired) electrons. The predicted octanol–water partition coefficient (Wildman–Crippen LogP) is 3.92. The molecule has 148 valence electrons. The number of hydrogen-bond acceptors (Lipinski definition) is 4. The summed E-state index contributed by atoms with van der Waals surface area (Å²) in [5.41, 5.74) is 3.56. The molecule has 1 atom stereocenters. The third kappa shape index (κ3) is 3.93. The number of nitrogens with one attached hydrogen (secondary N) is 1. The SMILES string of the molecule is CC(O)CCCOc1ccccc1-n1cc(-c2ccccc2)c2nc[nH]c(=O)c21. The number of fused-ring (bicyclic) bond motifs is 1. The van der Waals surface area contributed by atoms with Gasteiger partial charge in [-0.15, -0.1) is 0 Å². The fourth-order valence-electron chi connectivity index (χ4n) is 3.43. The highest BCUT2D eigenvalue weighted by Gasteiger charge is 2.17. The molecule has 0 bridgehead atoms. The number of rotatable bonds is 7. The van der Waals surface area contributed by atoms with Gasteiger partial charge in [0.25, 0.3) is 5.56 Å². The number of ether oxygens (including phenoxy) is 1. The summed E-state index contributed by atoms with van der Waals surface area (Å²) < 4.78 is 7.82. The summed E-state index contributed by atoms with van der Waals surface area (Å²) in [6, 6.07) is 17.5. The van der Waals surface area contributed by atoms with E-state index in [0.717, 1.165) is 23.2 Å². The Morgan fingerprint density at radius 1 is 1.14 bits per heavy atom. The molecule has 0 saturated carbocycles. The third-order valence-electron chi connectivity index (χ3n) is 4.82. The first-order valence-corrected chi connectivity index (χ1v) is 9.69. The molecule has 0 aliphatic rings. The molecule has 0 saturated heterocycles. The molecule has 0 fully saturated rings. The van der Waals surface area contributed by atoms with Gasteiger partial charge in [-0.25, -0.2) is 4.98 Å². The molecule has 2 N–H and O–H groups in total. The van der Waals surface area contributed by atoms with Gasteiger partial charge in [0.05, 0.1) is 24.7 Å². The first kappa shape index (κ1) is 19.0. The van der Waals surface area contributed by atoms with E-state index in [1.807, 2.05) is 65.4 Å². The molecule has 29 heavy (non-hydrogen) atoms. The molecule has 2 aromatic heterocycles. The summed E-state index contributed by atoms with van der Waals surface area (Å²) in [7, 11) is 0. The smallest absolute Gasteiger partial charge is 0.275 e. The average molecular weight is 389 g/mol. The molecule has 0 amide bonds. The Morgan fingerprint density at radius 3 is 2.69 bits per heavy atom. The number of benzene rings is 2. The van der Waals surface area contributed by atoms with Crippen molar-refractivity contribution in [2.75, 3.05) is 6.61 Å². The number of aromatic nitrogens is 3. The largest absolute Gasteiger partial charge is 0.491 e. The lowest BCUT2D eigenvalue weighted by molar-refractivity contribution is 0.170. The summed E-state index contributed by atoms with van der Waals surface area (Å²) in [6.07, 6.45) is 4.44. The van der Waals surface area contributed by atoms with Crippen molar-refractivity contribution in [2.45, 2.75) is 25.9 Å². The molecule has 4 aromatic rings. The van der Waals surface area contributed by atoms with Gasteiger partial charge < -0.3 is 19.4 Å². The zero-order chi connectivity index (χ0) is 20.2. The second-order valence-electron chi connectivity index (χ2n) is 7.02. The first-order chi connectivity index (χ1) is 14.1. The third-order valence-corrected chi connectivity index (χ3v) is 4.82. The van der Waals surface area contributed by atoms with Crippen LogP contribution in [0.25, 0.3) is 27.8 Å². The van der Waals surface area contributed by atoms with Crippen molar-refractivity contribution in [1.82, 2.24) is 14.5 Å².